The number of esters is 1. The van der Waals surface area contributed by atoms with Gasteiger partial charge in [-0.1, -0.05) is 23.2 Å². The van der Waals surface area contributed by atoms with E-state index in [1.54, 1.807) is 6.92 Å². The molecule has 1 aromatic heterocycles. The Hall–Kier alpha value is -0.510. The van der Waals surface area contributed by atoms with Crippen molar-refractivity contribution in [2.45, 2.75) is 12.8 Å². The van der Waals surface area contributed by atoms with Crippen LogP contribution in [-0.4, -0.2) is 17.6 Å². The van der Waals surface area contributed by atoms with Crippen molar-refractivity contribution >= 4 is 40.8 Å². The third-order valence-corrected chi connectivity index (χ3v) is 2.45. The third-order valence-electron chi connectivity index (χ3n) is 1.67. The molecule has 15 heavy (non-hydrogen) atoms. The summed E-state index contributed by atoms with van der Waals surface area (Å²) >= 11 is 17.1. The molecular formula is C9H8Cl3NO2. The molecule has 0 fully saturated rings. The van der Waals surface area contributed by atoms with Crippen LogP contribution in [0.2, 0.25) is 10.3 Å². The first-order chi connectivity index (χ1) is 7.10. The van der Waals surface area contributed by atoms with Crippen LogP contribution in [0.4, 0.5) is 0 Å². The van der Waals surface area contributed by atoms with Gasteiger partial charge in [0, 0.05) is 5.56 Å². The van der Waals surface area contributed by atoms with Crippen molar-refractivity contribution in [1.82, 2.24) is 4.98 Å². The second-order valence-electron chi connectivity index (χ2n) is 2.62. The molecule has 1 rings (SSSR count). The van der Waals surface area contributed by atoms with E-state index in [2.05, 4.69) is 4.98 Å². The second-order valence-corrected chi connectivity index (χ2v) is 3.63. The first-order valence-electron chi connectivity index (χ1n) is 4.18. The largest absolute Gasteiger partial charge is 0.462 e. The van der Waals surface area contributed by atoms with E-state index in [1.807, 2.05) is 0 Å². The summed E-state index contributed by atoms with van der Waals surface area (Å²) in [6.45, 7) is 1.99. The van der Waals surface area contributed by atoms with E-state index in [1.165, 1.54) is 6.07 Å². The monoisotopic (exact) mass is 267 g/mol. The second kappa shape index (κ2) is 5.54. The number of alkyl halides is 1. The molecular weight excluding hydrogens is 260 g/mol. The van der Waals surface area contributed by atoms with Gasteiger partial charge in [0.05, 0.1) is 18.1 Å². The van der Waals surface area contributed by atoms with Gasteiger partial charge in [-0.15, -0.1) is 11.6 Å². The van der Waals surface area contributed by atoms with E-state index in [4.69, 9.17) is 39.5 Å². The van der Waals surface area contributed by atoms with Gasteiger partial charge < -0.3 is 4.74 Å². The Bertz CT molecular complexity index is 382. The molecule has 0 aromatic carbocycles. The fourth-order valence-electron chi connectivity index (χ4n) is 1.03. The molecule has 0 bridgehead atoms. The Labute approximate surface area is 102 Å². The van der Waals surface area contributed by atoms with Crippen molar-refractivity contribution in [1.29, 1.82) is 0 Å². The Balaban J connectivity index is 3.20. The number of hydrogen-bond acceptors (Lipinski definition) is 3. The third kappa shape index (κ3) is 2.97. The molecule has 6 heteroatoms. The van der Waals surface area contributed by atoms with Gasteiger partial charge >= 0.3 is 5.97 Å². The number of pyridine rings is 1. The Morgan fingerprint density at radius 3 is 2.73 bits per heavy atom. The van der Waals surface area contributed by atoms with Crippen LogP contribution in [0.15, 0.2) is 6.07 Å². The molecule has 3 nitrogen and oxygen atoms in total. The lowest BCUT2D eigenvalue weighted by Crippen LogP contribution is -2.08. The lowest BCUT2D eigenvalue weighted by atomic mass is 10.1. The minimum atomic E-state index is -0.501. The van der Waals surface area contributed by atoms with Crippen LogP contribution >= 0.6 is 34.8 Å². The highest BCUT2D eigenvalue weighted by molar-refractivity contribution is 6.34. The highest BCUT2D eigenvalue weighted by atomic mass is 35.5. The predicted octanol–water partition coefficient (Wildman–Crippen LogP) is 3.30. The van der Waals surface area contributed by atoms with E-state index in [-0.39, 0.29) is 28.4 Å². The van der Waals surface area contributed by atoms with Crippen LogP contribution < -0.4 is 0 Å². The average molecular weight is 269 g/mol. The fraction of sp³-hybridized carbons (Fsp3) is 0.333. The molecule has 0 atom stereocenters. The van der Waals surface area contributed by atoms with Crippen LogP contribution in [0.5, 0.6) is 0 Å². The van der Waals surface area contributed by atoms with Crippen LogP contribution in [0.25, 0.3) is 0 Å². The van der Waals surface area contributed by atoms with Crippen molar-refractivity contribution < 1.29 is 9.53 Å². The molecule has 0 saturated heterocycles. The molecule has 82 valence electrons. The molecule has 0 aliphatic heterocycles. The van der Waals surface area contributed by atoms with Gasteiger partial charge in [0.25, 0.3) is 0 Å². The normalized spacial score (nSPS) is 10.1. The molecule has 0 unspecified atom stereocenters. The number of hydrogen-bond donors (Lipinski definition) is 0. The minimum Gasteiger partial charge on any atom is -0.462 e. The number of carbonyl (C=O) groups is 1. The van der Waals surface area contributed by atoms with Gasteiger partial charge in [-0.2, -0.15) is 0 Å². The van der Waals surface area contributed by atoms with Gasteiger partial charge in [-0.25, -0.2) is 9.78 Å². The smallest absolute Gasteiger partial charge is 0.338 e. The summed E-state index contributed by atoms with van der Waals surface area (Å²) in [7, 11) is 0. The summed E-state index contributed by atoms with van der Waals surface area (Å²) < 4.78 is 4.84. The average Bonchev–Trinajstić information content (AvgIpc) is 2.17. The zero-order chi connectivity index (χ0) is 11.4. The topological polar surface area (TPSA) is 39.2 Å². The van der Waals surface area contributed by atoms with Crippen molar-refractivity contribution in [3.63, 3.8) is 0 Å². The molecule has 0 spiro atoms. The first kappa shape index (κ1) is 12.6. The van der Waals surface area contributed by atoms with Gasteiger partial charge in [0.2, 0.25) is 0 Å². The maximum absolute atomic E-state index is 11.5. The van der Waals surface area contributed by atoms with Gasteiger partial charge in [0.15, 0.2) is 0 Å². The summed E-state index contributed by atoms with van der Waals surface area (Å²) in [4.78, 5) is 15.3. The summed E-state index contributed by atoms with van der Waals surface area (Å²) in [6, 6.07) is 1.39. The minimum absolute atomic E-state index is 0.0805. The van der Waals surface area contributed by atoms with E-state index in [9.17, 15) is 4.79 Å². The zero-order valence-corrected chi connectivity index (χ0v) is 10.2. The summed E-state index contributed by atoms with van der Waals surface area (Å²) in [5.74, 6) is -0.420. The van der Waals surface area contributed by atoms with Crippen molar-refractivity contribution in [3.05, 3.63) is 27.5 Å². The molecule has 0 radical (unpaired) electrons. The van der Waals surface area contributed by atoms with Gasteiger partial charge in [-0.3, -0.25) is 0 Å². The van der Waals surface area contributed by atoms with E-state index in [0.717, 1.165) is 0 Å². The highest BCUT2D eigenvalue weighted by Gasteiger charge is 2.17. The number of rotatable bonds is 3. The maximum Gasteiger partial charge on any atom is 0.338 e. The number of carbonyl (C=O) groups excluding carboxylic acids is 1. The van der Waals surface area contributed by atoms with E-state index >= 15 is 0 Å². The summed E-state index contributed by atoms with van der Waals surface area (Å²) in [6.07, 6.45) is 0. The molecule has 1 heterocycles. The lowest BCUT2D eigenvalue weighted by Gasteiger charge is -2.08. The first-order valence-corrected chi connectivity index (χ1v) is 5.47. The van der Waals surface area contributed by atoms with Crippen LogP contribution in [0.1, 0.15) is 22.8 Å². The molecule has 0 saturated carbocycles. The van der Waals surface area contributed by atoms with E-state index < -0.39 is 5.97 Å². The number of nitrogens with zero attached hydrogens (tertiary/aromatic N) is 1. The zero-order valence-electron chi connectivity index (χ0n) is 7.89. The number of ether oxygens (including phenoxy) is 1. The Morgan fingerprint density at radius 1 is 1.53 bits per heavy atom. The molecule has 0 amide bonds. The summed E-state index contributed by atoms with van der Waals surface area (Å²) in [5, 5.41) is 0.262. The Morgan fingerprint density at radius 2 is 2.20 bits per heavy atom. The number of halogens is 3. The van der Waals surface area contributed by atoms with Crippen LogP contribution in [0.3, 0.4) is 0 Å². The van der Waals surface area contributed by atoms with Gasteiger partial charge in [0.1, 0.15) is 10.3 Å². The van der Waals surface area contributed by atoms with Gasteiger partial charge in [-0.05, 0) is 13.0 Å². The van der Waals surface area contributed by atoms with E-state index in [0.29, 0.717) is 5.56 Å². The van der Waals surface area contributed by atoms with Crippen molar-refractivity contribution in [3.8, 4) is 0 Å². The summed E-state index contributed by atoms with van der Waals surface area (Å²) in [5.41, 5.74) is 0.693. The lowest BCUT2D eigenvalue weighted by molar-refractivity contribution is 0.0525. The standard InChI is InChI=1S/C9H8Cl3NO2/c1-2-15-9(14)5-3-7(11)13-8(12)6(5)4-10/h3H,2,4H2,1H3. The highest BCUT2D eigenvalue weighted by Crippen LogP contribution is 2.24. The molecule has 0 N–H and O–H groups in total. The van der Waals surface area contributed by atoms with Crippen LogP contribution in [-0.2, 0) is 10.6 Å². The number of aromatic nitrogens is 1. The predicted molar refractivity (Wildman–Crippen MR) is 59.8 cm³/mol. The Kier molecular flexibility index (Phi) is 4.64. The maximum atomic E-state index is 11.5. The van der Waals surface area contributed by atoms with Crippen LogP contribution in [0, 0.1) is 0 Å². The molecule has 0 aliphatic carbocycles. The quantitative estimate of drug-likeness (QED) is 0.480. The van der Waals surface area contributed by atoms with Crippen molar-refractivity contribution in [2.75, 3.05) is 6.61 Å². The van der Waals surface area contributed by atoms with Crippen molar-refractivity contribution in [2.24, 2.45) is 0 Å². The fourth-order valence-corrected chi connectivity index (χ4v) is 1.86. The molecule has 0 aliphatic rings. The molecule has 1 aromatic rings. The SMILES string of the molecule is CCOC(=O)c1cc(Cl)nc(Cl)c1CCl.